The van der Waals surface area contributed by atoms with Crippen LogP contribution in [0.5, 0.6) is 11.5 Å². The Morgan fingerprint density at radius 3 is 2.55 bits per heavy atom. The van der Waals surface area contributed by atoms with Crippen LogP contribution in [-0.4, -0.2) is 29.4 Å². The standard InChI is InChI=1S/C26H19BrClN3O7/c1-2-37-22-12-15(11-21(28)23(22)38-14-16-6-3-4-9-20(16)27)10-19-24(32)29-26(34)30(25(19)33)17-7-5-8-18(13-17)31(35)36/h3-13H,2,14H2,1H3,(H,29,32,34)/b19-10+. The number of amides is 4. The molecule has 0 radical (unpaired) electrons. The number of nitro benzene ring substituents is 1. The lowest BCUT2D eigenvalue weighted by molar-refractivity contribution is -0.384. The fourth-order valence-corrected chi connectivity index (χ4v) is 4.32. The van der Waals surface area contributed by atoms with E-state index in [0.717, 1.165) is 16.1 Å². The van der Waals surface area contributed by atoms with E-state index in [9.17, 15) is 24.5 Å². The molecule has 1 fully saturated rings. The molecule has 10 nitrogen and oxygen atoms in total. The lowest BCUT2D eigenvalue weighted by atomic mass is 10.1. The van der Waals surface area contributed by atoms with Crippen molar-refractivity contribution < 1.29 is 28.8 Å². The molecular weight excluding hydrogens is 582 g/mol. The van der Waals surface area contributed by atoms with E-state index in [-0.39, 0.29) is 46.7 Å². The Kier molecular flexibility index (Phi) is 8.08. The first-order valence-electron chi connectivity index (χ1n) is 11.2. The van der Waals surface area contributed by atoms with Crippen molar-refractivity contribution >= 4 is 62.8 Å². The second kappa shape index (κ2) is 11.4. The molecule has 38 heavy (non-hydrogen) atoms. The van der Waals surface area contributed by atoms with Gasteiger partial charge in [-0.25, -0.2) is 9.69 Å². The maximum atomic E-state index is 13.2. The fraction of sp³-hybridized carbons (Fsp3) is 0.115. The SMILES string of the molecule is CCOc1cc(/C=C2\C(=O)NC(=O)N(c3cccc([N+](=O)[O-])c3)C2=O)cc(Cl)c1OCc1ccccc1Br. The highest BCUT2D eigenvalue weighted by Gasteiger charge is 2.37. The number of carbonyl (C=O) groups is 3. The molecule has 4 amide bonds. The normalized spacial score (nSPS) is 14.4. The van der Waals surface area contributed by atoms with Crippen molar-refractivity contribution in [3.8, 4) is 11.5 Å². The molecule has 3 aromatic rings. The van der Waals surface area contributed by atoms with Gasteiger partial charge in [-0.15, -0.1) is 0 Å². The number of rotatable bonds is 8. The van der Waals surface area contributed by atoms with Crippen molar-refractivity contribution in [2.75, 3.05) is 11.5 Å². The van der Waals surface area contributed by atoms with E-state index < -0.39 is 22.8 Å². The molecule has 12 heteroatoms. The fourth-order valence-electron chi connectivity index (χ4n) is 3.64. The van der Waals surface area contributed by atoms with Crippen LogP contribution in [0.1, 0.15) is 18.1 Å². The average molecular weight is 601 g/mol. The van der Waals surface area contributed by atoms with Gasteiger partial charge in [-0.1, -0.05) is 51.8 Å². The average Bonchev–Trinajstić information content (AvgIpc) is 2.87. The van der Waals surface area contributed by atoms with Gasteiger partial charge in [0.15, 0.2) is 11.5 Å². The molecule has 1 N–H and O–H groups in total. The van der Waals surface area contributed by atoms with Crippen LogP contribution in [-0.2, 0) is 16.2 Å². The van der Waals surface area contributed by atoms with Gasteiger partial charge in [0.25, 0.3) is 17.5 Å². The summed E-state index contributed by atoms with van der Waals surface area (Å²) in [6.07, 6.45) is 1.25. The highest BCUT2D eigenvalue weighted by atomic mass is 79.9. The van der Waals surface area contributed by atoms with Gasteiger partial charge in [0.05, 0.1) is 22.2 Å². The van der Waals surface area contributed by atoms with Crippen molar-refractivity contribution in [1.82, 2.24) is 5.32 Å². The summed E-state index contributed by atoms with van der Waals surface area (Å²) in [5, 5.41) is 13.4. The molecular formula is C26H19BrClN3O7. The van der Waals surface area contributed by atoms with Crippen LogP contribution in [0.15, 0.2) is 70.7 Å². The first-order valence-corrected chi connectivity index (χ1v) is 12.3. The maximum Gasteiger partial charge on any atom is 0.335 e. The zero-order valence-corrected chi connectivity index (χ0v) is 22.1. The van der Waals surface area contributed by atoms with E-state index in [1.807, 2.05) is 24.3 Å². The summed E-state index contributed by atoms with van der Waals surface area (Å²) in [7, 11) is 0. The second-order valence-corrected chi connectivity index (χ2v) is 9.14. The minimum Gasteiger partial charge on any atom is -0.490 e. The smallest absolute Gasteiger partial charge is 0.335 e. The number of imide groups is 2. The lowest BCUT2D eigenvalue weighted by Gasteiger charge is -2.26. The van der Waals surface area contributed by atoms with Gasteiger partial charge >= 0.3 is 6.03 Å². The summed E-state index contributed by atoms with van der Waals surface area (Å²) in [6, 6.07) is 14.5. The van der Waals surface area contributed by atoms with Gasteiger partial charge in [-0.3, -0.25) is 25.0 Å². The molecule has 4 rings (SSSR count). The van der Waals surface area contributed by atoms with Crippen molar-refractivity contribution in [2.24, 2.45) is 0 Å². The largest absolute Gasteiger partial charge is 0.490 e. The Labute approximate surface area is 230 Å². The van der Waals surface area contributed by atoms with E-state index in [0.29, 0.717) is 10.5 Å². The highest BCUT2D eigenvalue weighted by molar-refractivity contribution is 9.10. The van der Waals surface area contributed by atoms with Crippen LogP contribution in [0.4, 0.5) is 16.2 Å². The molecule has 1 saturated heterocycles. The number of nitro groups is 1. The first-order chi connectivity index (χ1) is 18.2. The Bertz CT molecular complexity index is 1490. The summed E-state index contributed by atoms with van der Waals surface area (Å²) in [4.78, 5) is 49.4. The summed E-state index contributed by atoms with van der Waals surface area (Å²) in [5.74, 6) is -1.32. The number of benzene rings is 3. The van der Waals surface area contributed by atoms with Gasteiger partial charge in [0.1, 0.15) is 12.2 Å². The molecule has 1 aliphatic rings. The van der Waals surface area contributed by atoms with Gasteiger partial charge in [0.2, 0.25) is 0 Å². The minimum atomic E-state index is -1.03. The van der Waals surface area contributed by atoms with Gasteiger partial charge < -0.3 is 9.47 Å². The second-order valence-electron chi connectivity index (χ2n) is 7.88. The molecule has 0 atom stereocenters. The predicted octanol–water partition coefficient (Wildman–Crippen LogP) is 5.65. The first kappa shape index (κ1) is 26.8. The van der Waals surface area contributed by atoms with Crippen molar-refractivity contribution in [3.63, 3.8) is 0 Å². The van der Waals surface area contributed by atoms with E-state index in [1.54, 1.807) is 13.0 Å². The number of non-ortho nitro benzene ring substituents is 1. The molecule has 1 aliphatic heterocycles. The van der Waals surface area contributed by atoms with Crippen LogP contribution >= 0.6 is 27.5 Å². The molecule has 0 unspecified atom stereocenters. The number of anilines is 1. The third kappa shape index (κ3) is 5.68. The monoisotopic (exact) mass is 599 g/mol. The molecule has 0 aliphatic carbocycles. The summed E-state index contributed by atoms with van der Waals surface area (Å²) in [5.41, 5.74) is 0.448. The van der Waals surface area contributed by atoms with Gasteiger partial charge in [0, 0.05) is 22.2 Å². The topological polar surface area (TPSA) is 128 Å². The van der Waals surface area contributed by atoms with Crippen molar-refractivity contribution in [2.45, 2.75) is 13.5 Å². The van der Waals surface area contributed by atoms with Crippen LogP contribution < -0.4 is 19.7 Å². The predicted molar refractivity (Wildman–Crippen MR) is 143 cm³/mol. The number of halogens is 2. The Morgan fingerprint density at radius 1 is 1.08 bits per heavy atom. The Balaban J connectivity index is 1.68. The quantitative estimate of drug-likeness (QED) is 0.153. The number of carbonyl (C=O) groups excluding carboxylic acids is 3. The molecule has 0 saturated carbocycles. The van der Waals surface area contributed by atoms with E-state index in [4.69, 9.17) is 21.1 Å². The summed E-state index contributed by atoms with van der Waals surface area (Å²) < 4.78 is 12.5. The molecule has 3 aromatic carbocycles. The third-order valence-corrected chi connectivity index (χ3v) is 6.43. The number of ether oxygens (including phenoxy) is 2. The van der Waals surface area contributed by atoms with Gasteiger partial charge in [-0.05, 0) is 42.8 Å². The van der Waals surface area contributed by atoms with Crippen LogP contribution in [0.3, 0.4) is 0 Å². The molecule has 0 spiro atoms. The van der Waals surface area contributed by atoms with E-state index >= 15 is 0 Å². The van der Waals surface area contributed by atoms with Crippen LogP contribution in [0.25, 0.3) is 6.08 Å². The van der Waals surface area contributed by atoms with Crippen LogP contribution in [0.2, 0.25) is 5.02 Å². The zero-order chi connectivity index (χ0) is 27.4. The molecule has 0 bridgehead atoms. The van der Waals surface area contributed by atoms with Crippen LogP contribution in [0, 0.1) is 10.1 Å². The molecule has 0 aromatic heterocycles. The Hall–Kier alpha value is -4.22. The zero-order valence-electron chi connectivity index (χ0n) is 19.8. The molecule has 194 valence electrons. The van der Waals surface area contributed by atoms with E-state index in [2.05, 4.69) is 21.2 Å². The van der Waals surface area contributed by atoms with Crippen molar-refractivity contribution in [3.05, 3.63) is 97.0 Å². The number of hydrogen-bond donors (Lipinski definition) is 1. The maximum absolute atomic E-state index is 13.2. The number of urea groups is 1. The number of nitrogens with zero attached hydrogens (tertiary/aromatic N) is 2. The third-order valence-electron chi connectivity index (χ3n) is 5.37. The number of nitrogens with one attached hydrogen (secondary N) is 1. The number of hydrogen-bond acceptors (Lipinski definition) is 7. The molecule has 1 heterocycles. The van der Waals surface area contributed by atoms with E-state index in [1.165, 1.54) is 30.3 Å². The van der Waals surface area contributed by atoms with Crippen molar-refractivity contribution in [1.29, 1.82) is 0 Å². The summed E-state index contributed by atoms with van der Waals surface area (Å²) >= 11 is 9.97. The number of barbiturate groups is 1. The lowest BCUT2D eigenvalue weighted by Crippen LogP contribution is -2.54. The summed E-state index contributed by atoms with van der Waals surface area (Å²) in [6.45, 7) is 2.26. The minimum absolute atomic E-state index is 0.0658. The highest BCUT2D eigenvalue weighted by Crippen LogP contribution is 2.38. The Morgan fingerprint density at radius 2 is 1.84 bits per heavy atom. The van der Waals surface area contributed by atoms with Gasteiger partial charge in [-0.2, -0.15) is 0 Å².